The number of para-hydroxylation sites is 1. The van der Waals surface area contributed by atoms with Crippen molar-refractivity contribution in [3.8, 4) is 5.75 Å². The Labute approximate surface area is 120 Å². The molecule has 0 N–H and O–H groups in total. The molecule has 3 heteroatoms. The summed E-state index contributed by atoms with van der Waals surface area (Å²) in [6.45, 7) is 0.620. The van der Waals surface area contributed by atoms with E-state index >= 15 is 0 Å². The Kier molecular flexibility index (Phi) is 4.74. The number of thioether (sulfide) groups is 1. The Morgan fingerprint density at radius 3 is 2.47 bits per heavy atom. The Bertz CT molecular complexity index is 482. The Morgan fingerprint density at radius 1 is 1.06 bits per heavy atom. The largest absolute Gasteiger partial charge is 0.488 e. The maximum atomic E-state index is 5.83. The molecule has 0 aliphatic carbocycles. The van der Waals surface area contributed by atoms with Gasteiger partial charge in [0, 0.05) is 8.47 Å². The average Bonchev–Trinajstić information content (AvgIpc) is 2.38. The maximum absolute atomic E-state index is 5.83. The lowest BCUT2D eigenvalue weighted by Crippen LogP contribution is -1.96. The first kappa shape index (κ1) is 12.8. The second-order valence-electron chi connectivity index (χ2n) is 3.57. The van der Waals surface area contributed by atoms with Crippen LogP contribution in [-0.4, -0.2) is 6.26 Å². The van der Waals surface area contributed by atoms with Crippen molar-refractivity contribution in [3.63, 3.8) is 0 Å². The van der Waals surface area contributed by atoms with Crippen molar-refractivity contribution in [3.05, 3.63) is 57.7 Å². The zero-order valence-corrected chi connectivity index (χ0v) is 12.5. The normalized spacial score (nSPS) is 10.2. The third-order valence-electron chi connectivity index (χ3n) is 2.38. The van der Waals surface area contributed by atoms with E-state index in [4.69, 9.17) is 4.74 Å². The molecule has 0 atom stereocenters. The molecule has 0 aliphatic rings. The van der Waals surface area contributed by atoms with Gasteiger partial charge < -0.3 is 4.74 Å². The highest BCUT2D eigenvalue weighted by molar-refractivity contribution is 14.1. The molecule has 2 rings (SSSR count). The molecule has 17 heavy (non-hydrogen) atoms. The topological polar surface area (TPSA) is 9.23 Å². The summed E-state index contributed by atoms with van der Waals surface area (Å²) >= 11 is 4.01. The fraction of sp³-hybridized carbons (Fsp3) is 0.143. The van der Waals surface area contributed by atoms with Crippen molar-refractivity contribution in [2.24, 2.45) is 0 Å². The minimum absolute atomic E-state index is 0.620. The van der Waals surface area contributed by atoms with Crippen LogP contribution < -0.4 is 4.74 Å². The van der Waals surface area contributed by atoms with Gasteiger partial charge in [-0.15, -0.1) is 11.8 Å². The summed E-state index contributed by atoms with van der Waals surface area (Å²) in [6.07, 6.45) is 2.06. The molecule has 2 aromatic rings. The second-order valence-corrected chi connectivity index (χ2v) is 5.66. The van der Waals surface area contributed by atoms with Crippen molar-refractivity contribution in [1.82, 2.24) is 0 Å². The molecule has 0 fully saturated rings. The van der Waals surface area contributed by atoms with Gasteiger partial charge in [0.25, 0.3) is 0 Å². The van der Waals surface area contributed by atoms with Crippen LogP contribution in [0.15, 0.2) is 53.4 Å². The van der Waals surface area contributed by atoms with Crippen LogP contribution in [0.5, 0.6) is 5.75 Å². The molecular weight excluding hydrogens is 343 g/mol. The summed E-state index contributed by atoms with van der Waals surface area (Å²) in [7, 11) is 0. The molecule has 0 aliphatic heterocycles. The lowest BCUT2D eigenvalue weighted by atomic mass is 10.2. The number of ether oxygens (including phenoxy) is 1. The molecule has 0 saturated heterocycles. The van der Waals surface area contributed by atoms with Crippen LogP contribution in [-0.2, 0) is 6.61 Å². The van der Waals surface area contributed by atoms with Gasteiger partial charge in [-0.05, 0) is 58.7 Å². The van der Waals surface area contributed by atoms with E-state index in [1.165, 1.54) is 14.0 Å². The van der Waals surface area contributed by atoms with Crippen LogP contribution in [0, 0.1) is 3.57 Å². The third-order valence-corrected chi connectivity index (χ3v) is 3.87. The van der Waals surface area contributed by atoms with E-state index in [2.05, 4.69) is 59.2 Å². The van der Waals surface area contributed by atoms with Gasteiger partial charge in [-0.1, -0.05) is 24.3 Å². The lowest BCUT2D eigenvalue weighted by molar-refractivity contribution is 0.299. The van der Waals surface area contributed by atoms with Gasteiger partial charge in [0.2, 0.25) is 0 Å². The number of rotatable bonds is 4. The maximum Gasteiger partial charge on any atom is 0.133 e. The first-order valence-corrected chi connectivity index (χ1v) is 7.60. The fourth-order valence-electron chi connectivity index (χ4n) is 1.48. The van der Waals surface area contributed by atoms with Crippen LogP contribution in [0.25, 0.3) is 0 Å². The fourth-order valence-corrected chi connectivity index (χ4v) is 2.38. The SMILES string of the molecule is CSc1ccccc1OCc1ccc(I)cc1. The first-order chi connectivity index (χ1) is 8.29. The van der Waals surface area contributed by atoms with Crippen LogP contribution in [0.1, 0.15) is 5.56 Å². The van der Waals surface area contributed by atoms with Gasteiger partial charge >= 0.3 is 0 Å². The lowest BCUT2D eigenvalue weighted by Gasteiger charge is -2.09. The molecule has 0 unspecified atom stereocenters. The summed E-state index contributed by atoms with van der Waals surface area (Å²) in [5.41, 5.74) is 1.20. The van der Waals surface area contributed by atoms with Gasteiger partial charge in [0.15, 0.2) is 0 Å². The monoisotopic (exact) mass is 356 g/mol. The molecule has 1 nitrogen and oxygen atoms in total. The highest BCUT2D eigenvalue weighted by Crippen LogP contribution is 2.27. The van der Waals surface area contributed by atoms with Gasteiger partial charge in [-0.25, -0.2) is 0 Å². The molecule has 0 amide bonds. The van der Waals surface area contributed by atoms with Crippen molar-refractivity contribution in [2.75, 3.05) is 6.26 Å². The van der Waals surface area contributed by atoms with E-state index < -0.39 is 0 Å². The molecule has 2 aromatic carbocycles. The third kappa shape index (κ3) is 3.64. The molecule has 0 aromatic heterocycles. The zero-order chi connectivity index (χ0) is 12.1. The number of benzene rings is 2. The Morgan fingerprint density at radius 2 is 1.76 bits per heavy atom. The molecule has 0 saturated carbocycles. The predicted molar refractivity (Wildman–Crippen MR) is 81.7 cm³/mol. The molecular formula is C14H13IOS. The first-order valence-electron chi connectivity index (χ1n) is 5.30. The van der Waals surface area contributed by atoms with Crippen LogP contribution in [0.4, 0.5) is 0 Å². The molecule has 88 valence electrons. The predicted octanol–water partition coefficient (Wildman–Crippen LogP) is 4.59. The van der Waals surface area contributed by atoms with Gasteiger partial charge in [0.1, 0.15) is 12.4 Å². The van der Waals surface area contributed by atoms with Crippen molar-refractivity contribution in [1.29, 1.82) is 0 Å². The standard InChI is InChI=1S/C14H13IOS/c1-17-14-5-3-2-4-13(14)16-10-11-6-8-12(15)9-7-11/h2-9H,10H2,1H3. The van der Waals surface area contributed by atoms with Crippen LogP contribution in [0.3, 0.4) is 0 Å². The van der Waals surface area contributed by atoms with Gasteiger partial charge in [-0.2, -0.15) is 0 Å². The average molecular weight is 356 g/mol. The molecule has 0 heterocycles. The highest BCUT2D eigenvalue weighted by Gasteiger charge is 2.01. The number of halogens is 1. The van der Waals surface area contributed by atoms with Gasteiger partial charge in [-0.3, -0.25) is 0 Å². The van der Waals surface area contributed by atoms with Crippen molar-refractivity contribution < 1.29 is 4.74 Å². The number of hydrogen-bond acceptors (Lipinski definition) is 2. The minimum Gasteiger partial charge on any atom is -0.488 e. The van der Waals surface area contributed by atoms with Crippen molar-refractivity contribution in [2.45, 2.75) is 11.5 Å². The van der Waals surface area contributed by atoms with Crippen molar-refractivity contribution >= 4 is 34.4 Å². The number of hydrogen-bond donors (Lipinski definition) is 0. The van der Waals surface area contributed by atoms with Crippen LogP contribution >= 0.6 is 34.4 Å². The summed E-state index contributed by atoms with van der Waals surface area (Å²) in [5, 5.41) is 0. The van der Waals surface area contributed by atoms with E-state index in [1.807, 2.05) is 18.2 Å². The molecule has 0 spiro atoms. The Balaban J connectivity index is 2.04. The van der Waals surface area contributed by atoms with E-state index in [0.29, 0.717) is 6.61 Å². The second kappa shape index (κ2) is 6.31. The molecule has 0 bridgehead atoms. The highest BCUT2D eigenvalue weighted by atomic mass is 127. The Hall–Kier alpha value is -0.680. The quantitative estimate of drug-likeness (QED) is 0.585. The van der Waals surface area contributed by atoms with E-state index in [1.54, 1.807) is 11.8 Å². The molecule has 0 radical (unpaired) electrons. The zero-order valence-electron chi connectivity index (χ0n) is 9.52. The summed E-state index contributed by atoms with van der Waals surface area (Å²) in [4.78, 5) is 1.18. The van der Waals surface area contributed by atoms with Gasteiger partial charge in [0.05, 0.1) is 0 Å². The minimum atomic E-state index is 0.620. The summed E-state index contributed by atoms with van der Waals surface area (Å²) in [5.74, 6) is 0.957. The smallest absolute Gasteiger partial charge is 0.133 e. The van der Waals surface area contributed by atoms with E-state index in [-0.39, 0.29) is 0 Å². The summed E-state index contributed by atoms with van der Waals surface area (Å²) in [6, 6.07) is 16.5. The van der Waals surface area contributed by atoms with Crippen LogP contribution in [0.2, 0.25) is 0 Å². The van der Waals surface area contributed by atoms with E-state index in [9.17, 15) is 0 Å². The summed E-state index contributed by atoms with van der Waals surface area (Å²) < 4.78 is 7.08. The van der Waals surface area contributed by atoms with E-state index in [0.717, 1.165) is 5.75 Å².